The molecule has 2 aliphatic rings. The lowest BCUT2D eigenvalue weighted by Crippen LogP contribution is -2.42. The summed E-state index contributed by atoms with van der Waals surface area (Å²) in [6.07, 6.45) is 4.73. The number of carbonyl (C=O) groups excluding carboxylic acids is 1. The lowest BCUT2D eigenvalue weighted by molar-refractivity contribution is -0.126. The van der Waals surface area contributed by atoms with E-state index in [0.29, 0.717) is 5.69 Å². The molecule has 34 heavy (non-hydrogen) atoms. The number of piperidine rings is 1. The molecule has 0 radical (unpaired) electrons. The first kappa shape index (κ1) is 22.2. The van der Waals surface area contributed by atoms with E-state index >= 15 is 0 Å². The number of ether oxygens (including phenoxy) is 1. The van der Waals surface area contributed by atoms with Gasteiger partial charge in [-0.1, -0.05) is 24.3 Å². The van der Waals surface area contributed by atoms with Gasteiger partial charge in [0.2, 0.25) is 5.91 Å². The van der Waals surface area contributed by atoms with E-state index < -0.39 is 0 Å². The van der Waals surface area contributed by atoms with Crippen LogP contribution in [0.4, 0.5) is 5.82 Å². The van der Waals surface area contributed by atoms with Crippen molar-refractivity contribution in [3.05, 3.63) is 82.1 Å². The topological polar surface area (TPSA) is 76.5 Å². The van der Waals surface area contributed by atoms with Crippen molar-refractivity contribution >= 4 is 11.7 Å². The fourth-order valence-electron chi connectivity index (χ4n) is 5.04. The third kappa shape index (κ3) is 4.55. The predicted octanol–water partition coefficient (Wildman–Crippen LogP) is 3.65. The van der Waals surface area contributed by atoms with Crippen molar-refractivity contribution in [2.45, 2.75) is 38.1 Å². The highest BCUT2D eigenvalue weighted by Gasteiger charge is 2.29. The molecule has 1 aliphatic carbocycles. The standard InChI is InChI=1S/C27H30N4O3/c1-34-22-11-9-21(10-12-22)31-26(32)14-13-25(29-31)30-17-15-20(16-18-30)27(33)28-24-8-4-6-19-5-2-3-7-23(19)24/h2-3,5,7,9-14,20,24H,4,6,8,15-18H2,1H3,(H,28,33)/t24-/m0/s1. The molecule has 7 heteroatoms. The SMILES string of the molecule is COc1ccc(-n2nc(N3CCC(C(=O)N[C@H]4CCCc5ccccc54)CC3)ccc2=O)cc1. The van der Waals surface area contributed by atoms with Gasteiger partial charge in [-0.15, -0.1) is 5.10 Å². The van der Waals surface area contributed by atoms with Crippen LogP contribution in [-0.4, -0.2) is 35.9 Å². The number of anilines is 1. The van der Waals surface area contributed by atoms with E-state index in [4.69, 9.17) is 4.74 Å². The summed E-state index contributed by atoms with van der Waals surface area (Å²) in [6, 6.07) is 19.1. The quantitative estimate of drug-likeness (QED) is 0.632. The summed E-state index contributed by atoms with van der Waals surface area (Å²) < 4.78 is 6.61. The zero-order valence-electron chi connectivity index (χ0n) is 19.4. The molecule has 1 aromatic heterocycles. The minimum absolute atomic E-state index is 0.00201. The first-order valence-corrected chi connectivity index (χ1v) is 12.0. The van der Waals surface area contributed by atoms with Gasteiger partial charge < -0.3 is 15.0 Å². The predicted molar refractivity (Wildman–Crippen MR) is 132 cm³/mol. The fraction of sp³-hybridized carbons (Fsp3) is 0.370. The number of fused-ring (bicyclic) bond motifs is 1. The molecule has 0 spiro atoms. The molecule has 0 bridgehead atoms. The zero-order valence-corrected chi connectivity index (χ0v) is 19.4. The molecule has 1 aliphatic heterocycles. The average Bonchev–Trinajstić information content (AvgIpc) is 2.89. The Bertz CT molecular complexity index is 1210. The monoisotopic (exact) mass is 458 g/mol. The summed E-state index contributed by atoms with van der Waals surface area (Å²) in [6.45, 7) is 1.46. The highest BCUT2D eigenvalue weighted by molar-refractivity contribution is 5.79. The van der Waals surface area contributed by atoms with Crippen molar-refractivity contribution in [3.8, 4) is 11.4 Å². The Morgan fingerprint density at radius 3 is 2.53 bits per heavy atom. The highest BCUT2D eigenvalue weighted by Crippen LogP contribution is 2.30. The Morgan fingerprint density at radius 2 is 1.76 bits per heavy atom. The highest BCUT2D eigenvalue weighted by atomic mass is 16.5. The van der Waals surface area contributed by atoms with Gasteiger partial charge in [-0.05, 0) is 73.6 Å². The summed E-state index contributed by atoms with van der Waals surface area (Å²) in [4.78, 5) is 27.6. The number of hydrogen-bond donors (Lipinski definition) is 1. The molecule has 1 N–H and O–H groups in total. The van der Waals surface area contributed by atoms with Gasteiger partial charge in [0.05, 0.1) is 18.8 Å². The van der Waals surface area contributed by atoms with Gasteiger partial charge in [0, 0.05) is 25.1 Å². The van der Waals surface area contributed by atoms with Crippen LogP contribution in [0.5, 0.6) is 5.75 Å². The molecule has 1 saturated heterocycles. The van der Waals surface area contributed by atoms with E-state index in [9.17, 15) is 9.59 Å². The third-order valence-electron chi connectivity index (χ3n) is 6.98. The number of rotatable bonds is 5. The van der Waals surface area contributed by atoms with Crippen molar-refractivity contribution in [1.82, 2.24) is 15.1 Å². The Morgan fingerprint density at radius 1 is 1.00 bits per heavy atom. The van der Waals surface area contributed by atoms with Gasteiger partial charge in [-0.25, -0.2) is 0 Å². The minimum Gasteiger partial charge on any atom is -0.497 e. The van der Waals surface area contributed by atoms with Crippen LogP contribution in [0.3, 0.4) is 0 Å². The van der Waals surface area contributed by atoms with Gasteiger partial charge in [0.1, 0.15) is 11.6 Å². The van der Waals surface area contributed by atoms with Crippen LogP contribution in [0.1, 0.15) is 42.9 Å². The third-order valence-corrected chi connectivity index (χ3v) is 6.98. The van der Waals surface area contributed by atoms with Crippen LogP contribution in [0, 0.1) is 5.92 Å². The maximum atomic E-state index is 13.1. The van der Waals surface area contributed by atoms with Gasteiger partial charge in [-0.3, -0.25) is 9.59 Å². The van der Waals surface area contributed by atoms with E-state index in [-0.39, 0.29) is 23.4 Å². The first-order chi connectivity index (χ1) is 16.6. The second kappa shape index (κ2) is 9.71. The lowest BCUT2D eigenvalue weighted by Gasteiger charge is -2.34. The van der Waals surface area contributed by atoms with Crippen molar-refractivity contribution < 1.29 is 9.53 Å². The Balaban J connectivity index is 1.23. The van der Waals surface area contributed by atoms with E-state index in [1.165, 1.54) is 15.8 Å². The van der Waals surface area contributed by atoms with Crippen molar-refractivity contribution in [1.29, 1.82) is 0 Å². The molecule has 2 heterocycles. The van der Waals surface area contributed by atoms with E-state index in [1.807, 2.05) is 24.3 Å². The number of carbonyl (C=O) groups is 1. The maximum absolute atomic E-state index is 13.1. The van der Waals surface area contributed by atoms with Crippen LogP contribution in [0.2, 0.25) is 0 Å². The van der Waals surface area contributed by atoms with Gasteiger partial charge in [0.25, 0.3) is 5.56 Å². The zero-order chi connectivity index (χ0) is 23.5. The number of aryl methyl sites for hydroxylation is 1. The van der Waals surface area contributed by atoms with Crippen molar-refractivity contribution in [3.63, 3.8) is 0 Å². The number of methoxy groups -OCH3 is 1. The molecule has 2 aromatic carbocycles. The van der Waals surface area contributed by atoms with Crippen molar-refractivity contribution in [2.75, 3.05) is 25.1 Å². The molecule has 1 atom stereocenters. The molecule has 7 nitrogen and oxygen atoms in total. The second-order valence-corrected chi connectivity index (χ2v) is 9.05. The van der Waals surface area contributed by atoms with Crippen LogP contribution >= 0.6 is 0 Å². The minimum atomic E-state index is -0.184. The van der Waals surface area contributed by atoms with Gasteiger partial charge in [0.15, 0.2) is 0 Å². The van der Waals surface area contributed by atoms with E-state index in [1.54, 1.807) is 19.2 Å². The summed E-state index contributed by atoms with van der Waals surface area (Å²) >= 11 is 0. The van der Waals surface area contributed by atoms with Gasteiger partial charge >= 0.3 is 0 Å². The Hall–Kier alpha value is -3.61. The van der Waals surface area contributed by atoms with E-state index in [2.05, 4.69) is 39.6 Å². The smallest absolute Gasteiger partial charge is 0.271 e. The van der Waals surface area contributed by atoms with Crippen molar-refractivity contribution in [2.24, 2.45) is 5.92 Å². The fourth-order valence-corrected chi connectivity index (χ4v) is 5.04. The molecule has 5 rings (SSSR count). The molecule has 3 aromatic rings. The number of hydrogen-bond acceptors (Lipinski definition) is 5. The number of amides is 1. The second-order valence-electron chi connectivity index (χ2n) is 9.05. The number of nitrogens with zero attached hydrogens (tertiary/aromatic N) is 3. The van der Waals surface area contributed by atoms with Gasteiger partial charge in [-0.2, -0.15) is 4.68 Å². The summed E-state index contributed by atoms with van der Waals surface area (Å²) in [7, 11) is 1.61. The average molecular weight is 459 g/mol. The number of aromatic nitrogens is 2. The van der Waals surface area contributed by atoms with E-state index in [0.717, 1.165) is 56.8 Å². The molecule has 0 saturated carbocycles. The van der Waals surface area contributed by atoms with Crippen LogP contribution in [-0.2, 0) is 11.2 Å². The maximum Gasteiger partial charge on any atom is 0.271 e. The van der Waals surface area contributed by atoms with Crippen LogP contribution < -0.4 is 20.5 Å². The molecule has 0 unspecified atom stereocenters. The molecule has 176 valence electrons. The Kier molecular flexibility index (Phi) is 6.34. The normalized spacial score (nSPS) is 18.3. The first-order valence-electron chi connectivity index (χ1n) is 12.0. The molecule has 1 amide bonds. The number of nitrogens with one attached hydrogen (secondary N) is 1. The molecular formula is C27H30N4O3. The largest absolute Gasteiger partial charge is 0.497 e. The summed E-state index contributed by atoms with van der Waals surface area (Å²) in [5.74, 6) is 1.62. The summed E-state index contributed by atoms with van der Waals surface area (Å²) in [5.41, 5.74) is 3.13. The summed E-state index contributed by atoms with van der Waals surface area (Å²) in [5, 5.41) is 7.92. The van der Waals surface area contributed by atoms with Crippen LogP contribution in [0.15, 0.2) is 65.5 Å². The number of benzene rings is 2. The lowest BCUT2D eigenvalue weighted by atomic mass is 9.87. The molecule has 1 fully saturated rings. The Labute approximate surface area is 199 Å². The van der Waals surface area contributed by atoms with Crippen LogP contribution in [0.25, 0.3) is 5.69 Å². The molecular weight excluding hydrogens is 428 g/mol.